The van der Waals surface area contributed by atoms with Gasteiger partial charge in [-0.2, -0.15) is 0 Å². The molecule has 148 valence electrons. The number of aromatic nitrogens is 3. The van der Waals surface area contributed by atoms with E-state index in [-0.39, 0.29) is 6.03 Å². The van der Waals surface area contributed by atoms with Crippen LogP contribution in [0.3, 0.4) is 0 Å². The summed E-state index contributed by atoms with van der Waals surface area (Å²) in [6.45, 7) is 5.45. The van der Waals surface area contributed by atoms with Crippen LogP contribution in [0.25, 0.3) is 0 Å². The Bertz CT molecular complexity index is 988. The van der Waals surface area contributed by atoms with E-state index in [1.807, 2.05) is 18.2 Å². The fraction of sp³-hybridized carbons (Fsp3) is 0.273. The van der Waals surface area contributed by atoms with Crippen molar-refractivity contribution >= 4 is 23.4 Å². The molecule has 1 aliphatic rings. The van der Waals surface area contributed by atoms with Gasteiger partial charge in [0.2, 0.25) is 5.95 Å². The van der Waals surface area contributed by atoms with E-state index >= 15 is 0 Å². The van der Waals surface area contributed by atoms with Gasteiger partial charge in [0, 0.05) is 36.6 Å². The van der Waals surface area contributed by atoms with Crippen LogP contribution in [0.5, 0.6) is 0 Å². The van der Waals surface area contributed by atoms with Gasteiger partial charge in [-0.1, -0.05) is 26.0 Å². The first-order valence-corrected chi connectivity index (χ1v) is 9.76. The van der Waals surface area contributed by atoms with Crippen molar-refractivity contribution in [1.29, 1.82) is 0 Å². The van der Waals surface area contributed by atoms with Crippen LogP contribution in [0.15, 0.2) is 55.0 Å². The highest BCUT2D eigenvalue weighted by atomic mass is 16.2. The van der Waals surface area contributed by atoms with Crippen LogP contribution in [0.2, 0.25) is 0 Å². The topological polar surface area (TPSA) is 83.0 Å². The molecule has 0 unspecified atom stereocenters. The summed E-state index contributed by atoms with van der Waals surface area (Å²) >= 11 is 0. The predicted octanol–water partition coefficient (Wildman–Crippen LogP) is 4.33. The Hall–Kier alpha value is -3.48. The van der Waals surface area contributed by atoms with Crippen molar-refractivity contribution in [2.24, 2.45) is 0 Å². The van der Waals surface area contributed by atoms with Crippen molar-refractivity contribution in [3.63, 3.8) is 0 Å². The molecule has 0 radical (unpaired) electrons. The number of rotatable bonds is 4. The van der Waals surface area contributed by atoms with Gasteiger partial charge >= 0.3 is 6.03 Å². The molecule has 7 nitrogen and oxygen atoms in total. The summed E-state index contributed by atoms with van der Waals surface area (Å²) in [6, 6.07) is 11.8. The molecular formula is C22H24N6O. The van der Waals surface area contributed by atoms with Crippen LogP contribution < -0.4 is 10.6 Å². The quantitative estimate of drug-likeness (QED) is 0.695. The number of urea groups is 1. The Labute approximate surface area is 170 Å². The number of carbonyl (C=O) groups excluding carboxylic acids is 1. The van der Waals surface area contributed by atoms with Crippen LogP contribution in [-0.2, 0) is 13.0 Å². The number of nitrogens with zero attached hydrogens (tertiary/aromatic N) is 4. The molecule has 0 atom stereocenters. The molecule has 3 aromatic rings. The molecule has 0 aliphatic carbocycles. The molecule has 4 rings (SSSR count). The van der Waals surface area contributed by atoms with Crippen molar-refractivity contribution in [2.45, 2.75) is 32.7 Å². The molecule has 7 heteroatoms. The van der Waals surface area contributed by atoms with Gasteiger partial charge in [-0.3, -0.25) is 4.98 Å². The average Bonchev–Trinajstić information content (AvgIpc) is 2.74. The second kappa shape index (κ2) is 8.26. The van der Waals surface area contributed by atoms with E-state index in [0.717, 1.165) is 16.9 Å². The van der Waals surface area contributed by atoms with Gasteiger partial charge in [0.15, 0.2) is 0 Å². The lowest BCUT2D eigenvalue weighted by atomic mass is 10.0. The summed E-state index contributed by atoms with van der Waals surface area (Å²) < 4.78 is 0. The van der Waals surface area contributed by atoms with Gasteiger partial charge in [-0.05, 0) is 35.7 Å². The maximum Gasteiger partial charge on any atom is 0.322 e. The van der Waals surface area contributed by atoms with Gasteiger partial charge in [0.05, 0.1) is 24.1 Å². The number of hydrogen-bond acceptors (Lipinski definition) is 5. The summed E-state index contributed by atoms with van der Waals surface area (Å²) in [5.41, 5.74) is 4.89. The predicted molar refractivity (Wildman–Crippen MR) is 113 cm³/mol. The fourth-order valence-electron chi connectivity index (χ4n) is 3.27. The number of fused-ring (bicyclic) bond motifs is 1. The highest BCUT2D eigenvalue weighted by Crippen LogP contribution is 2.22. The van der Waals surface area contributed by atoms with Crippen molar-refractivity contribution in [3.05, 3.63) is 71.8 Å². The van der Waals surface area contributed by atoms with Crippen LogP contribution in [0, 0.1) is 0 Å². The lowest BCUT2D eigenvalue weighted by molar-refractivity contribution is 0.206. The Morgan fingerprint density at radius 3 is 2.66 bits per heavy atom. The standard InChI is InChI=1S/C22H24N6O/c1-15(2)16-5-7-18(8-6-16)25-21-24-12-17-14-28(11-9-20(17)27-21)22(29)26-19-4-3-10-23-13-19/h3-8,10,12-13,15H,9,11,14H2,1-2H3,(H,26,29)(H,24,25,27). The normalized spacial score (nSPS) is 13.1. The van der Waals surface area contributed by atoms with Gasteiger partial charge in [0.1, 0.15) is 0 Å². The van der Waals surface area contributed by atoms with Crippen molar-refractivity contribution in [2.75, 3.05) is 17.2 Å². The third-order valence-electron chi connectivity index (χ3n) is 4.97. The zero-order valence-corrected chi connectivity index (χ0v) is 16.6. The zero-order chi connectivity index (χ0) is 20.2. The second-order valence-electron chi connectivity index (χ2n) is 7.41. The Morgan fingerprint density at radius 2 is 1.93 bits per heavy atom. The van der Waals surface area contributed by atoms with Crippen molar-refractivity contribution in [1.82, 2.24) is 19.9 Å². The summed E-state index contributed by atoms with van der Waals surface area (Å²) in [7, 11) is 0. The zero-order valence-electron chi connectivity index (χ0n) is 16.6. The maximum absolute atomic E-state index is 12.5. The number of pyridine rings is 1. The summed E-state index contributed by atoms with van der Waals surface area (Å²) in [5, 5.41) is 6.13. The molecule has 0 saturated carbocycles. The minimum atomic E-state index is -0.143. The van der Waals surface area contributed by atoms with E-state index in [2.05, 4.69) is 51.6 Å². The molecule has 1 aliphatic heterocycles. The molecule has 2 N–H and O–H groups in total. The Morgan fingerprint density at radius 1 is 1.10 bits per heavy atom. The smallest absolute Gasteiger partial charge is 0.322 e. The number of amides is 2. The number of nitrogens with one attached hydrogen (secondary N) is 2. The summed E-state index contributed by atoms with van der Waals surface area (Å²) in [4.78, 5) is 27.4. The minimum Gasteiger partial charge on any atom is -0.324 e. The number of hydrogen-bond donors (Lipinski definition) is 2. The first-order chi connectivity index (χ1) is 14.1. The van der Waals surface area contributed by atoms with E-state index < -0.39 is 0 Å². The Kier molecular flexibility index (Phi) is 5.37. The van der Waals surface area contributed by atoms with Crippen LogP contribution in [-0.4, -0.2) is 32.4 Å². The third kappa shape index (κ3) is 4.51. The van der Waals surface area contributed by atoms with Crippen LogP contribution in [0.1, 0.15) is 36.6 Å². The van der Waals surface area contributed by atoms with Crippen LogP contribution >= 0.6 is 0 Å². The minimum absolute atomic E-state index is 0.143. The highest BCUT2D eigenvalue weighted by molar-refractivity contribution is 5.89. The molecule has 1 aromatic carbocycles. The summed E-state index contributed by atoms with van der Waals surface area (Å²) in [6.07, 6.45) is 5.80. The lowest BCUT2D eigenvalue weighted by Gasteiger charge is -2.28. The first-order valence-electron chi connectivity index (χ1n) is 9.76. The maximum atomic E-state index is 12.5. The molecule has 29 heavy (non-hydrogen) atoms. The van der Waals surface area contributed by atoms with Crippen molar-refractivity contribution < 1.29 is 4.79 Å². The average molecular weight is 388 g/mol. The lowest BCUT2D eigenvalue weighted by Crippen LogP contribution is -2.39. The molecule has 3 heterocycles. The van der Waals surface area contributed by atoms with E-state index in [1.54, 1.807) is 29.6 Å². The molecule has 0 spiro atoms. The van der Waals surface area contributed by atoms with Gasteiger partial charge in [0.25, 0.3) is 0 Å². The summed E-state index contributed by atoms with van der Waals surface area (Å²) in [5.74, 6) is 1.08. The molecule has 0 saturated heterocycles. The van der Waals surface area contributed by atoms with Gasteiger partial charge in [-0.15, -0.1) is 0 Å². The SMILES string of the molecule is CC(C)c1ccc(Nc2ncc3c(n2)CCN(C(=O)Nc2cccnc2)C3)cc1. The van der Waals surface area contributed by atoms with Crippen molar-refractivity contribution in [3.8, 4) is 0 Å². The van der Waals surface area contributed by atoms with Crippen LogP contribution in [0.4, 0.5) is 22.1 Å². The highest BCUT2D eigenvalue weighted by Gasteiger charge is 2.22. The third-order valence-corrected chi connectivity index (χ3v) is 4.97. The van der Waals surface area contributed by atoms with E-state index in [4.69, 9.17) is 0 Å². The second-order valence-corrected chi connectivity index (χ2v) is 7.41. The molecular weight excluding hydrogens is 364 g/mol. The number of carbonyl (C=O) groups is 1. The van der Waals surface area contributed by atoms with Gasteiger partial charge < -0.3 is 15.5 Å². The van der Waals surface area contributed by atoms with Gasteiger partial charge in [-0.25, -0.2) is 14.8 Å². The van der Waals surface area contributed by atoms with E-state index in [0.29, 0.717) is 37.1 Å². The number of anilines is 3. The Balaban J connectivity index is 1.41. The molecule has 2 aromatic heterocycles. The first kappa shape index (κ1) is 18.9. The number of benzene rings is 1. The molecule has 0 bridgehead atoms. The fourth-order valence-corrected chi connectivity index (χ4v) is 3.27. The van der Waals surface area contributed by atoms with E-state index in [1.165, 1.54) is 5.56 Å². The molecule has 2 amide bonds. The largest absolute Gasteiger partial charge is 0.324 e. The molecule has 0 fully saturated rings. The van der Waals surface area contributed by atoms with E-state index in [9.17, 15) is 4.79 Å². The monoisotopic (exact) mass is 388 g/mol.